The number of nitrogens with zero attached hydrogens (tertiary/aromatic N) is 2. The number of halogens is 5. The molecule has 3 rings (SSSR count). The zero-order valence-corrected chi connectivity index (χ0v) is 16.2. The number of carbonyl (C=O) groups excluding carboxylic acids is 1. The van der Waals surface area contributed by atoms with E-state index in [-0.39, 0.29) is 30.6 Å². The average molecular weight is 434 g/mol. The monoisotopic (exact) mass is 434 g/mol. The molecule has 0 saturated heterocycles. The SMILES string of the molecule is Cc1c(C(F)(F)F)nn(CC2CCC(F)(F)C2)c1C(=O)Nc1cccc(SN)c1. The zero-order chi connectivity index (χ0) is 21.4. The van der Waals surface area contributed by atoms with Crippen molar-refractivity contribution < 1.29 is 26.7 Å². The van der Waals surface area contributed by atoms with Crippen LogP contribution in [0.2, 0.25) is 0 Å². The van der Waals surface area contributed by atoms with Gasteiger partial charge in [0.2, 0.25) is 5.92 Å². The Hall–Kier alpha value is -2.14. The Morgan fingerprint density at radius 1 is 1.41 bits per heavy atom. The van der Waals surface area contributed by atoms with E-state index >= 15 is 0 Å². The molecule has 0 radical (unpaired) electrons. The minimum atomic E-state index is -4.76. The van der Waals surface area contributed by atoms with Gasteiger partial charge >= 0.3 is 6.18 Å². The van der Waals surface area contributed by atoms with Crippen molar-refractivity contribution >= 4 is 23.5 Å². The number of nitrogens with one attached hydrogen (secondary N) is 1. The summed E-state index contributed by atoms with van der Waals surface area (Å²) in [6.45, 7) is 0.963. The maximum atomic E-state index is 13.5. The Bertz CT molecular complexity index is 912. The van der Waals surface area contributed by atoms with E-state index in [1.807, 2.05) is 0 Å². The van der Waals surface area contributed by atoms with Crippen molar-refractivity contribution in [2.75, 3.05) is 5.32 Å². The van der Waals surface area contributed by atoms with Crippen molar-refractivity contribution in [3.63, 3.8) is 0 Å². The number of benzene rings is 1. The van der Waals surface area contributed by atoms with Gasteiger partial charge in [0, 0.05) is 35.5 Å². The number of nitrogens with two attached hydrogens (primary N) is 1. The first kappa shape index (κ1) is 21.6. The first-order valence-corrected chi connectivity index (χ1v) is 9.69. The smallest absolute Gasteiger partial charge is 0.321 e. The van der Waals surface area contributed by atoms with Gasteiger partial charge in [-0.15, -0.1) is 0 Å². The van der Waals surface area contributed by atoms with E-state index in [0.29, 0.717) is 10.6 Å². The summed E-state index contributed by atoms with van der Waals surface area (Å²) < 4.78 is 67.9. The molecule has 1 aliphatic rings. The molecule has 1 heterocycles. The molecule has 3 N–H and O–H groups in total. The molecule has 1 fully saturated rings. The summed E-state index contributed by atoms with van der Waals surface area (Å²) in [4.78, 5) is 13.4. The first-order chi connectivity index (χ1) is 13.5. The van der Waals surface area contributed by atoms with Crippen LogP contribution in [0.5, 0.6) is 0 Å². The van der Waals surface area contributed by atoms with Gasteiger partial charge in [-0.25, -0.2) is 8.78 Å². The summed E-state index contributed by atoms with van der Waals surface area (Å²) in [5, 5.41) is 11.6. The molecule has 1 unspecified atom stereocenters. The third-order valence-corrected chi connectivity index (χ3v) is 5.36. The topological polar surface area (TPSA) is 72.9 Å². The number of rotatable bonds is 5. The lowest BCUT2D eigenvalue weighted by molar-refractivity contribution is -0.142. The summed E-state index contributed by atoms with van der Waals surface area (Å²) >= 11 is 0.952. The third kappa shape index (κ3) is 4.89. The number of aromatic nitrogens is 2. The maximum absolute atomic E-state index is 13.5. The van der Waals surface area contributed by atoms with Crippen LogP contribution in [-0.2, 0) is 12.7 Å². The normalized spacial score (nSPS) is 18.8. The molecule has 1 amide bonds. The molecule has 29 heavy (non-hydrogen) atoms. The van der Waals surface area contributed by atoms with Crippen LogP contribution in [0.4, 0.5) is 27.6 Å². The summed E-state index contributed by atoms with van der Waals surface area (Å²) in [6, 6.07) is 6.48. The highest BCUT2D eigenvalue weighted by Gasteiger charge is 2.42. The van der Waals surface area contributed by atoms with Gasteiger partial charge in [-0.2, -0.15) is 18.3 Å². The fraction of sp³-hybridized carbons (Fsp3) is 0.444. The molecule has 11 heteroatoms. The molecule has 158 valence electrons. The Morgan fingerprint density at radius 2 is 2.14 bits per heavy atom. The molecule has 0 bridgehead atoms. The summed E-state index contributed by atoms with van der Waals surface area (Å²) in [7, 11) is 0. The summed E-state index contributed by atoms with van der Waals surface area (Å²) in [5.74, 6) is -4.20. The molecule has 1 aromatic heterocycles. The fourth-order valence-electron chi connectivity index (χ4n) is 3.52. The maximum Gasteiger partial charge on any atom is 0.435 e. The van der Waals surface area contributed by atoms with Crippen molar-refractivity contribution in [3.8, 4) is 0 Å². The van der Waals surface area contributed by atoms with Crippen LogP contribution in [0.1, 0.15) is 41.0 Å². The summed E-state index contributed by atoms with van der Waals surface area (Å²) in [5.41, 5.74) is -1.49. The van der Waals surface area contributed by atoms with Gasteiger partial charge in [-0.3, -0.25) is 14.6 Å². The van der Waals surface area contributed by atoms with Crippen LogP contribution in [-0.4, -0.2) is 21.6 Å². The predicted molar refractivity (Wildman–Crippen MR) is 98.7 cm³/mol. The minimum Gasteiger partial charge on any atom is -0.321 e. The van der Waals surface area contributed by atoms with Crippen molar-refractivity contribution in [2.24, 2.45) is 11.1 Å². The zero-order valence-electron chi connectivity index (χ0n) is 15.4. The molecular weight excluding hydrogens is 415 g/mol. The van der Waals surface area contributed by atoms with Gasteiger partial charge in [0.25, 0.3) is 5.91 Å². The van der Waals surface area contributed by atoms with Crippen LogP contribution in [0, 0.1) is 12.8 Å². The number of amides is 1. The lowest BCUT2D eigenvalue weighted by Crippen LogP contribution is -2.21. The van der Waals surface area contributed by atoms with Gasteiger partial charge < -0.3 is 5.32 Å². The van der Waals surface area contributed by atoms with Gasteiger partial charge in [0.05, 0.1) is 0 Å². The lowest BCUT2D eigenvalue weighted by atomic mass is 10.1. The molecule has 1 saturated carbocycles. The standard InChI is InChI=1S/C18H19F5N4OS/c1-10-14(16(28)25-12-3-2-4-13(7-12)29-24)27(26-15(10)18(21,22)23)9-11-5-6-17(19,20)8-11/h2-4,7,11H,5-6,8-9,24H2,1H3,(H,25,28). The fourth-order valence-corrected chi connectivity index (χ4v) is 3.87. The van der Waals surface area contributed by atoms with E-state index in [1.54, 1.807) is 24.3 Å². The van der Waals surface area contributed by atoms with E-state index < -0.39 is 36.0 Å². The summed E-state index contributed by atoms with van der Waals surface area (Å²) in [6.07, 6.45) is -5.37. The second-order valence-electron chi connectivity index (χ2n) is 7.07. The third-order valence-electron chi connectivity index (χ3n) is 4.84. The highest BCUT2D eigenvalue weighted by Crippen LogP contribution is 2.40. The van der Waals surface area contributed by atoms with Crippen molar-refractivity contribution in [1.82, 2.24) is 9.78 Å². The predicted octanol–water partition coefficient (Wildman–Crippen LogP) is 4.86. The molecule has 1 aliphatic carbocycles. The number of alkyl halides is 5. The Labute approximate surface area is 168 Å². The van der Waals surface area contributed by atoms with Gasteiger partial charge in [-0.1, -0.05) is 6.07 Å². The number of hydrogen-bond acceptors (Lipinski definition) is 4. The van der Waals surface area contributed by atoms with Gasteiger partial charge in [0.1, 0.15) is 5.69 Å². The second-order valence-corrected chi connectivity index (χ2v) is 7.77. The van der Waals surface area contributed by atoms with E-state index in [2.05, 4.69) is 10.4 Å². The van der Waals surface area contributed by atoms with Crippen LogP contribution < -0.4 is 10.5 Å². The van der Waals surface area contributed by atoms with E-state index in [9.17, 15) is 26.7 Å². The van der Waals surface area contributed by atoms with Crippen LogP contribution in [0.25, 0.3) is 0 Å². The number of anilines is 1. The van der Waals surface area contributed by atoms with E-state index in [4.69, 9.17) is 5.14 Å². The molecule has 1 aromatic carbocycles. The highest BCUT2D eigenvalue weighted by molar-refractivity contribution is 7.97. The van der Waals surface area contributed by atoms with Crippen molar-refractivity contribution in [1.29, 1.82) is 0 Å². The molecule has 5 nitrogen and oxygen atoms in total. The lowest BCUT2D eigenvalue weighted by Gasteiger charge is -2.14. The van der Waals surface area contributed by atoms with Crippen LogP contribution in [0.3, 0.4) is 0 Å². The Kier molecular flexibility index (Phi) is 5.91. The number of hydrogen-bond donors (Lipinski definition) is 2. The Balaban J connectivity index is 1.92. The van der Waals surface area contributed by atoms with Crippen molar-refractivity contribution in [2.45, 2.75) is 49.7 Å². The molecule has 0 spiro atoms. The second kappa shape index (κ2) is 7.94. The average Bonchev–Trinajstić information content (AvgIpc) is 3.13. The quantitative estimate of drug-likeness (QED) is 0.521. The highest BCUT2D eigenvalue weighted by atomic mass is 32.2. The van der Waals surface area contributed by atoms with Crippen molar-refractivity contribution in [3.05, 3.63) is 41.2 Å². The van der Waals surface area contributed by atoms with E-state index in [1.165, 1.54) is 0 Å². The van der Waals surface area contributed by atoms with Gasteiger partial charge in [0.15, 0.2) is 5.69 Å². The molecule has 1 atom stereocenters. The first-order valence-electron chi connectivity index (χ1n) is 8.81. The van der Waals surface area contributed by atoms with Gasteiger partial charge in [-0.05, 0) is 49.4 Å². The van der Waals surface area contributed by atoms with E-state index in [0.717, 1.165) is 23.6 Å². The minimum absolute atomic E-state index is 0.157. The largest absolute Gasteiger partial charge is 0.435 e. The molecular formula is C18H19F5N4OS. The number of carbonyl (C=O) groups is 1. The molecule has 2 aromatic rings. The van der Waals surface area contributed by atoms with Crippen LogP contribution in [0.15, 0.2) is 29.2 Å². The van der Waals surface area contributed by atoms with Crippen LogP contribution >= 0.6 is 11.9 Å². The Morgan fingerprint density at radius 3 is 2.72 bits per heavy atom. The molecule has 0 aliphatic heterocycles.